The van der Waals surface area contributed by atoms with E-state index in [9.17, 15) is 9.18 Å². The van der Waals surface area contributed by atoms with Gasteiger partial charge in [-0.15, -0.1) is 0 Å². The van der Waals surface area contributed by atoms with Crippen LogP contribution in [0.1, 0.15) is 21.5 Å². The van der Waals surface area contributed by atoms with Gasteiger partial charge in [0.05, 0.1) is 12.7 Å². The van der Waals surface area contributed by atoms with Gasteiger partial charge in [-0.2, -0.15) is 0 Å². The molecule has 2 aromatic carbocycles. The van der Waals surface area contributed by atoms with Crippen LogP contribution >= 0.6 is 0 Å². The average Bonchev–Trinajstić information content (AvgIpc) is 2.46. The van der Waals surface area contributed by atoms with E-state index in [0.717, 1.165) is 11.1 Å². The number of halogens is 1. The van der Waals surface area contributed by atoms with E-state index in [4.69, 9.17) is 4.74 Å². The number of methoxy groups -OCH3 is 1. The predicted octanol–water partition coefficient (Wildman–Crippen LogP) is 3.07. The molecule has 1 N–H and O–H groups in total. The molecule has 0 aliphatic rings. The molecule has 0 saturated heterocycles. The van der Waals surface area contributed by atoms with Crippen molar-refractivity contribution < 1.29 is 13.9 Å². The monoisotopic (exact) mass is 273 g/mol. The van der Waals surface area contributed by atoms with Crippen LogP contribution in [-0.2, 0) is 6.54 Å². The van der Waals surface area contributed by atoms with Gasteiger partial charge in [-0.3, -0.25) is 4.79 Å². The topological polar surface area (TPSA) is 38.3 Å². The van der Waals surface area contributed by atoms with Crippen LogP contribution in [0, 0.1) is 12.7 Å². The first-order chi connectivity index (χ1) is 9.60. The van der Waals surface area contributed by atoms with Crippen LogP contribution in [0.5, 0.6) is 5.75 Å². The normalized spacial score (nSPS) is 10.2. The highest BCUT2D eigenvalue weighted by Gasteiger charge is 2.12. The lowest BCUT2D eigenvalue weighted by Crippen LogP contribution is -2.23. The molecule has 0 aliphatic carbocycles. The molecule has 3 nitrogen and oxygen atoms in total. The van der Waals surface area contributed by atoms with Crippen molar-refractivity contribution in [2.24, 2.45) is 0 Å². The average molecular weight is 273 g/mol. The van der Waals surface area contributed by atoms with Gasteiger partial charge in [0.15, 0.2) is 0 Å². The van der Waals surface area contributed by atoms with E-state index < -0.39 is 5.82 Å². The van der Waals surface area contributed by atoms with Crippen LogP contribution in [0.4, 0.5) is 4.39 Å². The SMILES string of the molecule is COc1ccc(F)cc1C(=O)NCc1ccc(C)cc1. The molecule has 0 spiro atoms. The molecule has 0 saturated carbocycles. The Morgan fingerprint density at radius 1 is 1.20 bits per heavy atom. The highest BCUT2D eigenvalue weighted by Crippen LogP contribution is 2.19. The van der Waals surface area contributed by atoms with Gasteiger partial charge in [-0.25, -0.2) is 4.39 Å². The summed E-state index contributed by atoms with van der Waals surface area (Å²) in [5.41, 5.74) is 2.34. The molecule has 0 unspecified atom stereocenters. The second-order valence-corrected chi connectivity index (χ2v) is 4.51. The highest BCUT2D eigenvalue weighted by atomic mass is 19.1. The molecule has 104 valence electrons. The number of amides is 1. The number of carbonyl (C=O) groups is 1. The van der Waals surface area contributed by atoms with E-state index in [-0.39, 0.29) is 11.5 Å². The van der Waals surface area contributed by atoms with Crippen molar-refractivity contribution in [2.75, 3.05) is 7.11 Å². The van der Waals surface area contributed by atoms with E-state index in [2.05, 4.69) is 5.32 Å². The third kappa shape index (κ3) is 3.35. The van der Waals surface area contributed by atoms with Crippen molar-refractivity contribution in [3.8, 4) is 5.75 Å². The minimum absolute atomic E-state index is 0.194. The predicted molar refractivity (Wildman–Crippen MR) is 75.3 cm³/mol. The fraction of sp³-hybridized carbons (Fsp3) is 0.188. The molecule has 0 bridgehead atoms. The lowest BCUT2D eigenvalue weighted by molar-refractivity contribution is 0.0947. The van der Waals surface area contributed by atoms with Gasteiger partial charge in [0.2, 0.25) is 0 Å². The van der Waals surface area contributed by atoms with Crippen molar-refractivity contribution in [3.63, 3.8) is 0 Å². The fourth-order valence-corrected chi connectivity index (χ4v) is 1.84. The zero-order chi connectivity index (χ0) is 14.5. The largest absolute Gasteiger partial charge is 0.496 e. The Hall–Kier alpha value is -2.36. The van der Waals surface area contributed by atoms with E-state index in [1.165, 1.54) is 25.3 Å². The highest BCUT2D eigenvalue weighted by molar-refractivity contribution is 5.96. The van der Waals surface area contributed by atoms with Crippen LogP contribution in [0.2, 0.25) is 0 Å². The van der Waals surface area contributed by atoms with Crippen LogP contribution in [0.3, 0.4) is 0 Å². The minimum Gasteiger partial charge on any atom is -0.496 e. The zero-order valence-electron chi connectivity index (χ0n) is 11.4. The number of benzene rings is 2. The third-order valence-electron chi connectivity index (χ3n) is 2.98. The summed E-state index contributed by atoms with van der Waals surface area (Å²) in [4.78, 5) is 12.1. The smallest absolute Gasteiger partial charge is 0.255 e. The first kappa shape index (κ1) is 14.1. The summed E-state index contributed by atoms with van der Waals surface area (Å²) in [5, 5.41) is 2.75. The molecule has 2 rings (SSSR count). The Bertz CT molecular complexity index is 608. The minimum atomic E-state index is -0.466. The molecule has 4 heteroatoms. The van der Waals surface area contributed by atoms with Crippen molar-refractivity contribution in [3.05, 3.63) is 65.0 Å². The Labute approximate surface area is 117 Å². The van der Waals surface area contributed by atoms with E-state index >= 15 is 0 Å². The Morgan fingerprint density at radius 2 is 1.90 bits per heavy atom. The molecule has 0 aromatic heterocycles. The maximum Gasteiger partial charge on any atom is 0.255 e. The number of nitrogens with one attached hydrogen (secondary N) is 1. The number of carbonyl (C=O) groups excluding carboxylic acids is 1. The van der Waals surface area contributed by atoms with Crippen LogP contribution < -0.4 is 10.1 Å². The molecule has 0 fully saturated rings. The number of aryl methyl sites for hydroxylation is 1. The maximum absolute atomic E-state index is 13.2. The number of hydrogen-bond donors (Lipinski definition) is 1. The molecule has 0 radical (unpaired) electrons. The van der Waals surface area contributed by atoms with Gasteiger partial charge in [-0.1, -0.05) is 29.8 Å². The lowest BCUT2D eigenvalue weighted by Gasteiger charge is -2.09. The molecule has 2 aromatic rings. The number of rotatable bonds is 4. The van der Waals surface area contributed by atoms with Crippen LogP contribution in [0.25, 0.3) is 0 Å². The van der Waals surface area contributed by atoms with Gasteiger partial charge in [-0.05, 0) is 30.7 Å². The first-order valence-corrected chi connectivity index (χ1v) is 6.27. The molecule has 0 heterocycles. The first-order valence-electron chi connectivity index (χ1n) is 6.27. The second-order valence-electron chi connectivity index (χ2n) is 4.51. The lowest BCUT2D eigenvalue weighted by atomic mass is 10.1. The fourth-order valence-electron chi connectivity index (χ4n) is 1.84. The van der Waals surface area contributed by atoms with Gasteiger partial charge >= 0.3 is 0 Å². The van der Waals surface area contributed by atoms with Crippen LogP contribution in [0.15, 0.2) is 42.5 Å². The zero-order valence-corrected chi connectivity index (χ0v) is 11.4. The molecule has 0 atom stereocenters. The summed E-state index contributed by atoms with van der Waals surface area (Å²) < 4.78 is 18.3. The quantitative estimate of drug-likeness (QED) is 0.929. The Kier molecular flexibility index (Phi) is 4.35. The molecule has 1 amide bonds. The third-order valence-corrected chi connectivity index (χ3v) is 2.98. The van der Waals surface area contributed by atoms with Crippen molar-refractivity contribution >= 4 is 5.91 Å². The molecular formula is C16H16FNO2. The van der Waals surface area contributed by atoms with Crippen molar-refractivity contribution in [2.45, 2.75) is 13.5 Å². The van der Waals surface area contributed by atoms with E-state index in [1.807, 2.05) is 31.2 Å². The maximum atomic E-state index is 13.2. The summed E-state index contributed by atoms with van der Waals surface area (Å²) in [6, 6.07) is 11.7. The molecule has 0 aliphatic heterocycles. The summed E-state index contributed by atoms with van der Waals surface area (Å²) in [5.74, 6) is -0.471. The Balaban J connectivity index is 2.08. The second kappa shape index (κ2) is 6.19. The van der Waals surface area contributed by atoms with E-state index in [1.54, 1.807) is 0 Å². The van der Waals surface area contributed by atoms with E-state index in [0.29, 0.717) is 12.3 Å². The standard InChI is InChI=1S/C16H16FNO2/c1-11-3-5-12(6-4-11)10-18-16(19)14-9-13(17)7-8-15(14)20-2/h3-9H,10H2,1-2H3,(H,18,19). The van der Waals surface area contributed by atoms with Gasteiger partial charge in [0.25, 0.3) is 5.91 Å². The Morgan fingerprint density at radius 3 is 2.55 bits per heavy atom. The van der Waals surface area contributed by atoms with Gasteiger partial charge in [0.1, 0.15) is 11.6 Å². The van der Waals surface area contributed by atoms with Crippen LogP contribution in [-0.4, -0.2) is 13.0 Å². The van der Waals surface area contributed by atoms with Gasteiger partial charge in [0, 0.05) is 6.54 Å². The summed E-state index contributed by atoms with van der Waals surface area (Å²) in [6.45, 7) is 2.39. The summed E-state index contributed by atoms with van der Waals surface area (Å²) >= 11 is 0. The summed E-state index contributed by atoms with van der Waals surface area (Å²) in [6.07, 6.45) is 0. The number of hydrogen-bond acceptors (Lipinski definition) is 2. The molecular weight excluding hydrogens is 257 g/mol. The number of ether oxygens (including phenoxy) is 1. The van der Waals surface area contributed by atoms with Crippen molar-refractivity contribution in [1.82, 2.24) is 5.32 Å². The van der Waals surface area contributed by atoms with Crippen molar-refractivity contribution in [1.29, 1.82) is 0 Å². The molecule has 20 heavy (non-hydrogen) atoms. The summed E-state index contributed by atoms with van der Waals surface area (Å²) in [7, 11) is 1.45. The van der Waals surface area contributed by atoms with Gasteiger partial charge < -0.3 is 10.1 Å².